The summed E-state index contributed by atoms with van der Waals surface area (Å²) in [6.45, 7) is 2.09. The molecule has 4 heteroatoms. The SMILES string of the molecule is CC(NC(=O)c1c[nH]c2cc(N)ccc12)C1CCC1. The van der Waals surface area contributed by atoms with Crippen LogP contribution in [0.15, 0.2) is 24.4 Å². The fourth-order valence-electron chi connectivity index (χ4n) is 2.67. The van der Waals surface area contributed by atoms with Gasteiger partial charge in [0.15, 0.2) is 0 Å². The molecule has 1 aliphatic rings. The molecule has 1 fully saturated rings. The van der Waals surface area contributed by atoms with Gasteiger partial charge in [-0.1, -0.05) is 6.42 Å². The first-order chi connectivity index (χ1) is 9.15. The second-order valence-electron chi connectivity index (χ2n) is 5.46. The van der Waals surface area contributed by atoms with Crippen molar-refractivity contribution in [3.63, 3.8) is 0 Å². The number of carbonyl (C=O) groups excluding carboxylic acids is 1. The van der Waals surface area contributed by atoms with Crippen molar-refractivity contribution in [2.24, 2.45) is 5.92 Å². The number of hydrogen-bond donors (Lipinski definition) is 3. The molecule has 4 N–H and O–H groups in total. The second kappa shape index (κ2) is 4.61. The number of rotatable bonds is 3. The first kappa shape index (κ1) is 12.1. The van der Waals surface area contributed by atoms with Gasteiger partial charge in [0, 0.05) is 28.8 Å². The zero-order valence-corrected chi connectivity index (χ0v) is 11.1. The number of fused-ring (bicyclic) bond motifs is 1. The Labute approximate surface area is 112 Å². The molecule has 1 amide bonds. The first-order valence-corrected chi connectivity index (χ1v) is 6.82. The number of carbonyl (C=O) groups is 1. The van der Waals surface area contributed by atoms with Crippen LogP contribution in [0.5, 0.6) is 0 Å². The van der Waals surface area contributed by atoms with Crippen LogP contribution < -0.4 is 11.1 Å². The van der Waals surface area contributed by atoms with Crippen LogP contribution in [-0.2, 0) is 0 Å². The van der Waals surface area contributed by atoms with Crippen LogP contribution in [0, 0.1) is 5.92 Å². The number of nitrogen functional groups attached to an aromatic ring is 1. The Hall–Kier alpha value is -1.97. The lowest BCUT2D eigenvalue weighted by Gasteiger charge is -2.31. The van der Waals surface area contributed by atoms with E-state index in [1.807, 2.05) is 18.2 Å². The van der Waals surface area contributed by atoms with Gasteiger partial charge in [-0.2, -0.15) is 0 Å². The highest BCUT2D eigenvalue weighted by atomic mass is 16.1. The van der Waals surface area contributed by atoms with Gasteiger partial charge < -0.3 is 16.0 Å². The first-order valence-electron chi connectivity index (χ1n) is 6.82. The second-order valence-corrected chi connectivity index (χ2v) is 5.46. The minimum atomic E-state index is -0.00424. The van der Waals surface area contributed by atoms with Gasteiger partial charge in [-0.15, -0.1) is 0 Å². The summed E-state index contributed by atoms with van der Waals surface area (Å²) in [4.78, 5) is 15.4. The number of benzene rings is 1. The third-order valence-corrected chi connectivity index (χ3v) is 4.17. The van der Waals surface area contributed by atoms with Gasteiger partial charge in [0.1, 0.15) is 0 Å². The number of anilines is 1. The van der Waals surface area contributed by atoms with Gasteiger partial charge >= 0.3 is 0 Å². The van der Waals surface area contributed by atoms with Crippen LogP contribution in [0.4, 0.5) is 5.69 Å². The molecule has 4 nitrogen and oxygen atoms in total. The summed E-state index contributed by atoms with van der Waals surface area (Å²) in [5.41, 5.74) is 8.03. The third-order valence-electron chi connectivity index (χ3n) is 4.17. The van der Waals surface area contributed by atoms with Crippen molar-refractivity contribution in [1.82, 2.24) is 10.3 Å². The molecule has 1 saturated carbocycles. The van der Waals surface area contributed by atoms with E-state index in [4.69, 9.17) is 5.73 Å². The lowest BCUT2D eigenvalue weighted by molar-refractivity contribution is 0.0911. The van der Waals surface area contributed by atoms with Crippen molar-refractivity contribution in [3.8, 4) is 0 Å². The van der Waals surface area contributed by atoms with Gasteiger partial charge in [-0.05, 0) is 43.9 Å². The Morgan fingerprint density at radius 1 is 1.47 bits per heavy atom. The zero-order chi connectivity index (χ0) is 13.4. The molecule has 2 aromatic rings. The molecule has 100 valence electrons. The third kappa shape index (κ3) is 2.18. The Balaban J connectivity index is 1.81. The predicted molar refractivity (Wildman–Crippen MR) is 77.0 cm³/mol. The van der Waals surface area contributed by atoms with E-state index < -0.39 is 0 Å². The molecule has 1 atom stereocenters. The number of hydrogen-bond acceptors (Lipinski definition) is 2. The minimum Gasteiger partial charge on any atom is -0.399 e. The number of H-pyrrole nitrogens is 1. The average molecular weight is 257 g/mol. The van der Waals surface area contributed by atoms with Crippen LogP contribution in [0.1, 0.15) is 36.5 Å². The number of nitrogens with one attached hydrogen (secondary N) is 2. The summed E-state index contributed by atoms with van der Waals surface area (Å²) < 4.78 is 0. The van der Waals surface area contributed by atoms with Gasteiger partial charge in [0.2, 0.25) is 0 Å². The molecule has 1 aromatic carbocycles. The smallest absolute Gasteiger partial charge is 0.253 e. The molecule has 1 heterocycles. The molecule has 0 saturated heterocycles. The summed E-state index contributed by atoms with van der Waals surface area (Å²) in [6.07, 6.45) is 5.50. The summed E-state index contributed by atoms with van der Waals surface area (Å²) in [6, 6.07) is 5.81. The Bertz CT molecular complexity index is 613. The molecule has 0 bridgehead atoms. The van der Waals surface area contributed by atoms with E-state index in [0.29, 0.717) is 17.2 Å². The van der Waals surface area contributed by atoms with Crippen molar-refractivity contribution >= 4 is 22.5 Å². The molecular formula is C15H19N3O. The Morgan fingerprint density at radius 3 is 2.95 bits per heavy atom. The molecule has 19 heavy (non-hydrogen) atoms. The van der Waals surface area contributed by atoms with Crippen molar-refractivity contribution in [3.05, 3.63) is 30.0 Å². The molecule has 1 aliphatic carbocycles. The fraction of sp³-hybridized carbons (Fsp3) is 0.400. The van der Waals surface area contributed by atoms with Gasteiger partial charge in [-0.25, -0.2) is 0 Å². The number of aromatic nitrogens is 1. The average Bonchev–Trinajstić information content (AvgIpc) is 2.68. The number of nitrogens with two attached hydrogens (primary N) is 1. The number of aromatic amines is 1. The fourth-order valence-corrected chi connectivity index (χ4v) is 2.67. The van der Waals surface area contributed by atoms with E-state index >= 15 is 0 Å². The maximum atomic E-state index is 12.3. The predicted octanol–water partition coefficient (Wildman–Crippen LogP) is 2.67. The molecule has 0 spiro atoms. The molecule has 3 rings (SSSR count). The number of amides is 1. The summed E-state index contributed by atoms with van der Waals surface area (Å²) in [7, 11) is 0. The maximum Gasteiger partial charge on any atom is 0.253 e. The van der Waals surface area contributed by atoms with Crippen LogP contribution in [0.25, 0.3) is 10.9 Å². The highest BCUT2D eigenvalue weighted by Gasteiger charge is 2.25. The van der Waals surface area contributed by atoms with Crippen LogP contribution in [0.3, 0.4) is 0 Å². The summed E-state index contributed by atoms with van der Waals surface area (Å²) in [5.74, 6) is 0.639. The zero-order valence-electron chi connectivity index (χ0n) is 11.1. The van der Waals surface area contributed by atoms with Crippen molar-refractivity contribution in [2.75, 3.05) is 5.73 Å². The largest absolute Gasteiger partial charge is 0.399 e. The molecule has 0 aliphatic heterocycles. The van der Waals surface area contributed by atoms with E-state index in [2.05, 4.69) is 17.2 Å². The highest BCUT2D eigenvalue weighted by molar-refractivity contribution is 6.07. The van der Waals surface area contributed by atoms with E-state index in [9.17, 15) is 4.79 Å². The lowest BCUT2D eigenvalue weighted by atomic mass is 9.80. The van der Waals surface area contributed by atoms with E-state index in [0.717, 1.165) is 10.9 Å². The van der Waals surface area contributed by atoms with Crippen molar-refractivity contribution in [1.29, 1.82) is 0 Å². The maximum absolute atomic E-state index is 12.3. The van der Waals surface area contributed by atoms with E-state index in [-0.39, 0.29) is 11.9 Å². The monoisotopic (exact) mass is 257 g/mol. The van der Waals surface area contributed by atoms with E-state index in [1.54, 1.807) is 6.20 Å². The Morgan fingerprint density at radius 2 is 2.26 bits per heavy atom. The van der Waals surface area contributed by atoms with E-state index in [1.165, 1.54) is 19.3 Å². The summed E-state index contributed by atoms with van der Waals surface area (Å²) in [5, 5.41) is 4.02. The minimum absolute atomic E-state index is 0.00424. The van der Waals surface area contributed by atoms with Crippen LogP contribution >= 0.6 is 0 Å². The summed E-state index contributed by atoms with van der Waals surface area (Å²) >= 11 is 0. The standard InChI is InChI=1S/C15H19N3O/c1-9(10-3-2-4-10)18-15(19)13-8-17-14-7-11(16)5-6-12(13)14/h5-10,17H,2-4,16H2,1H3,(H,18,19). The topological polar surface area (TPSA) is 70.9 Å². The molecule has 1 aromatic heterocycles. The molecular weight excluding hydrogens is 238 g/mol. The highest BCUT2D eigenvalue weighted by Crippen LogP contribution is 2.29. The van der Waals surface area contributed by atoms with Crippen molar-refractivity contribution in [2.45, 2.75) is 32.2 Å². The van der Waals surface area contributed by atoms with Gasteiger partial charge in [0.25, 0.3) is 5.91 Å². The van der Waals surface area contributed by atoms with Crippen LogP contribution in [0.2, 0.25) is 0 Å². The van der Waals surface area contributed by atoms with Gasteiger partial charge in [-0.3, -0.25) is 4.79 Å². The lowest BCUT2D eigenvalue weighted by Crippen LogP contribution is -2.40. The van der Waals surface area contributed by atoms with Crippen LogP contribution in [-0.4, -0.2) is 16.9 Å². The normalized spacial score (nSPS) is 17.1. The van der Waals surface area contributed by atoms with Crippen molar-refractivity contribution < 1.29 is 4.79 Å². The molecule has 1 unspecified atom stereocenters. The Kier molecular flexibility index (Phi) is 2.93. The molecule has 0 radical (unpaired) electrons. The quantitative estimate of drug-likeness (QED) is 0.740. The van der Waals surface area contributed by atoms with Gasteiger partial charge in [0.05, 0.1) is 5.56 Å².